The Bertz CT molecular complexity index is 1310. The number of likely N-dealkylation sites (tertiary alicyclic amines) is 1. The standard InChI is InChI=1S/C29H30ClF4N3O4/c1-36(26(40)41-22-8-6-21(31)7-9-22)28(17-35-16-23(28)18-2-4-20(30)5-3-18)24(38)19-10-14-37(15-11-19)25(39)27(12-13-27)29(32,33)34/h2-9,19,23,35H,10-17H2,1H3/t23-,28+/m0/s1. The Morgan fingerprint density at radius 2 is 1.63 bits per heavy atom. The van der Waals surface area contributed by atoms with Crippen molar-refractivity contribution >= 4 is 29.4 Å². The minimum absolute atomic E-state index is 0.0198. The lowest BCUT2D eigenvalue weighted by Crippen LogP contribution is -2.62. The van der Waals surface area contributed by atoms with E-state index in [1.54, 1.807) is 24.3 Å². The highest BCUT2D eigenvalue weighted by Crippen LogP contribution is 2.59. The molecule has 1 saturated carbocycles. The van der Waals surface area contributed by atoms with Crippen LogP contribution in [0, 0.1) is 17.2 Å². The smallest absolute Gasteiger partial charge is 0.410 e. The van der Waals surface area contributed by atoms with Gasteiger partial charge in [0.25, 0.3) is 0 Å². The molecule has 7 nitrogen and oxygen atoms in total. The summed E-state index contributed by atoms with van der Waals surface area (Å²) in [6, 6.07) is 11.9. The molecule has 220 valence electrons. The predicted molar refractivity (Wildman–Crippen MR) is 142 cm³/mol. The molecule has 2 aliphatic heterocycles. The van der Waals surface area contributed by atoms with Gasteiger partial charge in [0.2, 0.25) is 5.91 Å². The summed E-state index contributed by atoms with van der Waals surface area (Å²) in [6.07, 6.45) is -5.50. The predicted octanol–water partition coefficient (Wildman–Crippen LogP) is 5.19. The first-order valence-electron chi connectivity index (χ1n) is 13.5. The van der Waals surface area contributed by atoms with Crippen molar-refractivity contribution in [3.05, 3.63) is 64.9 Å². The molecule has 1 N–H and O–H groups in total. The quantitative estimate of drug-likeness (QED) is 0.466. The van der Waals surface area contributed by atoms with Crippen molar-refractivity contribution in [2.45, 2.75) is 43.3 Å². The van der Waals surface area contributed by atoms with Gasteiger partial charge < -0.3 is 15.0 Å². The molecule has 2 amide bonds. The Morgan fingerprint density at radius 3 is 2.20 bits per heavy atom. The van der Waals surface area contributed by atoms with Crippen LogP contribution in [0.3, 0.4) is 0 Å². The maximum absolute atomic E-state index is 14.4. The lowest BCUT2D eigenvalue weighted by Gasteiger charge is -2.44. The number of nitrogens with zero attached hydrogens (tertiary/aromatic N) is 2. The molecule has 2 atom stereocenters. The number of alkyl halides is 3. The monoisotopic (exact) mass is 595 g/mol. The van der Waals surface area contributed by atoms with Crippen molar-refractivity contribution in [3.8, 4) is 5.75 Å². The van der Waals surface area contributed by atoms with Crippen LogP contribution in [0.5, 0.6) is 5.75 Å². The number of halogens is 5. The third-order valence-corrected chi connectivity index (χ3v) is 9.02. The molecule has 2 saturated heterocycles. The summed E-state index contributed by atoms with van der Waals surface area (Å²) in [5.74, 6) is -2.67. The van der Waals surface area contributed by atoms with Crippen LogP contribution in [0.2, 0.25) is 5.02 Å². The van der Waals surface area contributed by atoms with Gasteiger partial charge in [-0.1, -0.05) is 23.7 Å². The van der Waals surface area contributed by atoms with E-state index >= 15 is 0 Å². The van der Waals surface area contributed by atoms with Crippen LogP contribution in [0.15, 0.2) is 48.5 Å². The molecule has 0 bridgehead atoms. The topological polar surface area (TPSA) is 79.0 Å². The Hall–Kier alpha value is -3.18. The van der Waals surface area contributed by atoms with E-state index in [9.17, 15) is 31.9 Å². The number of hydrogen-bond acceptors (Lipinski definition) is 5. The number of nitrogens with one attached hydrogen (secondary N) is 1. The average molecular weight is 596 g/mol. The zero-order valence-corrected chi connectivity index (χ0v) is 23.1. The van der Waals surface area contributed by atoms with Gasteiger partial charge in [0.1, 0.15) is 22.5 Å². The first-order valence-corrected chi connectivity index (χ1v) is 13.8. The summed E-state index contributed by atoms with van der Waals surface area (Å²) in [6.45, 7) is 0.523. The van der Waals surface area contributed by atoms with Gasteiger partial charge in [-0.05, 0) is 67.6 Å². The van der Waals surface area contributed by atoms with Gasteiger partial charge in [0.05, 0.1) is 0 Å². The van der Waals surface area contributed by atoms with Crippen molar-refractivity contribution in [3.63, 3.8) is 0 Å². The van der Waals surface area contributed by atoms with E-state index in [2.05, 4.69) is 5.32 Å². The summed E-state index contributed by atoms with van der Waals surface area (Å²) >= 11 is 6.10. The Labute approximate surface area is 239 Å². The Kier molecular flexibility index (Phi) is 7.80. The van der Waals surface area contributed by atoms with Crippen LogP contribution < -0.4 is 10.1 Å². The fourth-order valence-corrected chi connectivity index (χ4v) is 6.27. The number of likely N-dealkylation sites (N-methyl/N-ethyl adjacent to an activating group) is 1. The summed E-state index contributed by atoms with van der Waals surface area (Å²) in [7, 11) is 1.47. The van der Waals surface area contributed by atoms with Gasteiger partial charge in [-0.2, -0.15) is 13.2 Å². The van der Waals surface area contributed by atoms with E-state index in [1.165, 1.54) is 29.0 Å². The van der Waals surface area contributed by atoms with E-state index < -0.39 is 46.8 Å². The van der Waals surface area contributed by atoms with Crippen LogP contribution in [-0.4, -0.2) is 72.5 Å². The van der Waals surface area contributed by atoms with Crippen LogP contribution in [0.4, 0.5) is 22.4 Å². The number of piperidine rings is 1. The number of rotatable bonds is 6. The molecule has 0 radical (unpaired) electrons. The highest BCUT2D eigenvalue weighted by molar-refractivity contribution is 6.30. The molecule has 1 aliphatic carbocycles. The number of carbonyl (C=O) groups is 3. The van der Waals surface area contributed by atoms with E-state index in [-0.39, 0.29) is 56.9 Å². The zero-order valence-electron chi connectivity index (χ0n) is 22.3. The van der Waals surface area contributed by atoms with Crippen molar-refractivity contribution in [2.75, 3.05) is 33.2 Å². The van der Waals surface area contributed by atoms with Gasteiger partial charge in [-0.25, -0.2) is 9.18 Å². The third kappa shape index (κ3) is 5.30. The minimum atomic E-state index is -4.60. The zero-order chi connectivity index (χ0) is 29.6. The molecular formula is C29H30ClF4N3O4. The van der Waals surface area contributed by atoms with E-state index in [0.29, 0.717) is 11.6 Å². The summed E-state index contributed by atoms with van der Waals surface area (Å²) in [5, 5.41) is 3.74. The van der Waals surface area contributed by atoms with Crippen LogP contribution >= 0.6 is 11.6 Å². The van der Waals surface area contributed by atoms with E-state index in [4.69, 9.17) is 16.3 Å². The highest BCUT2D eigenvalue weighted by atomic mass is 35.5. The molecular weight excluding hydrogens is 566 g/mol. The average Bonchev–Trinajstić information content (AvgIpc) is 3.67. The lowest BCUT2D eigenvalue weighted by atomic mass is 9.72. The van der Waals surface area contributed by atoms with Gasteiger partial charge in [0.15, 0.2) is 5.78 Å². The Balaban J connectivity index is 1.40. The minimum Gasteiger partial charge on any atom is -0.410 e. The van der Waals surface area contributed by atoms with Crippen molar-refractivity contribution in [2.24, 2.45) is 11.3 Å². The van der Waals surface area contributed by atoms with Crippen LogP contribution in [0.25, 0.3) is 0 Å². The largest absolute Gasteiger partial charge is 0.415 e. The second kappa shape index (κ2) is 10.9. The Morgan fingerprint density at radius 1 is 1.02 bits per heavy atom. The first kappa shape index (κ1) is 29.3. The summed E-state index contributed by atoms with van der Waals surface area (Å²) in [5.41, 5.74) is -2.93. The first-order chi connectivity index (χ1) is 19.4. The fraction of sp³-hybridized carbons (Fsp3) is 0.483. The van der Waals surface area contributed by atoms with Crippen LogP contribution in [-0.2, 0) is 9.59 Å². The number of carbonyl (C=O) groups excluding carboxylic acids is 3. The molecule has 0 aromatic heterocycles. The van der Waals surface area contributed by atoms with Crippen molar-refractivity contribution in [1.82, 2.24) is 15.1 Å². The van der Waals surface area contributed by atoms with Crippen molar-refractivity contribution in [1.29, 1.82) is 0 Å². The number of ether oxygens (including phenoxy) is 1. The third-order valence-electron chi connectivity index (χ3n) is 8.76. The van der Waals surface area contributed by atoms with E-state index in [1.807, 2.05) is 0 Å². The van der Waals surface area contributed by atoms with Gasteiger partial charge in [0, 0.05) is 50.1 Å². The maximum atomic E-state index is 14.4. The van der Waals surface area contributed by atoms with Crippen LogP contribution in [0.1, 0.15) is 37.2 Å². The number of Topliss-reactive ketones (excluding diaryl/α,β-unsaturated/α-hetero) is 1. The van der Waals surface area contributed by atoms with E-state index in [0.717, 1.165) is 17.7 Å². The van der Waals surface area contributed by atoms with Gasteiger partial charge in [-0.15, -0.1) is 0 Å². The number of amides is 2. The maximum Gasteiger partial charge on any atom is 0.415 e. The second-order valence-electron chi connectivity index (χ2n) is 11.1. The van der Waals surface area contributed by atoms with Gasteiger partial charge in [-0.3, -0.25) is 14.5 Å². The highest BCUT2D eigenvalue weighted by Gasteiger charge is 2.69. The lowest BCUT2D eigenvalue weighted by molar-refractivity contribution is -0.199. The molecule has 2 aromatic carbocycles. The number of hydrogen-bond donors (Lipinski definition) is 1. The molecule has 3 fully saturated rings. The molecule has 5 rings (SSSR count). The number of ketones is 1. The fourth-order valence-electron chi connectivity index (χ4n) is 6.14. The second-order valence-corrected chi connectivity index (χ2v) is 11.5. The SMILES string of the molecule is CN(C(=O)Oc1ccc(F)cc1)[C@]1(C(=O)C2CCN(C(=O)C3(C(F)(F)F)CC3)CC2)CNC[C@H]1c1ccc(Cl)cc1. The molecule has 12 heteroatoms. The molecule has 0 spiro atoms. The number of benzene rings is 2. The summed E-state index contributed by atoms with van der Waals surface area (Å²) in [4.78, 5) is 43.1. The molecule has 41 heavy (non-hydrogen) atoms. The summed E-state index contributed by atoms with van der Waals surface area (Å²) < 4.78 is 59.5. The molecule has 2 aromatic rings. The molecule has 2 heterocycles. The van der Waals surface area contributed by atoms with Crippen molar-refractivity contribution < 1.29 is 36.7 Å². The normalized spacial score (nSPS) is 24.1. The molecule has 0 unspecified atom stereocenters. The van der Waals surface area contributed by atoms with Gasteiger partial charge >= 0.3 is 12.3 Å². The molecule has 3 aliphatic rings.